The van der Waals surface area contributed by atoms with Crippen molar-refractivity contribution in [1.29, 1.82) is 0 Å². The van der Waals surface area contributed by atoms with Crippen LogP contribution in [0, 0.1) is 10.1 Å². The smallest absolute Gasteiger partial charge is 0.273 e. The number of ether oxygens (including phenoxy) is 1. The molecule has 0 fully saturated rings. The van der Waals surface area contributed by atoms with Gasteiger partial charge in [-0.15, -0.1) is 11.8 Å². The van der Waals surface area contributed by atoms with Gasteiger partial charge in [-0.3, -0.25) is 10.1 Å². The highest BCUT2D eigenvalue weighted by Gasteiger charge is 2.21. The van der Waals surface area contributed by atoms with Crippen LogP contribution in [0.1, 0.15) is 0 Å². The van der Waals surface area contributed by atoms with Gasteiger partial charge in [-0.25, -0.2) is 0 Å². The van der Waals surface area contributed by atoms with E-state index in [1.165, 1.54) is 12.1 Å². The normalized spacial score (nSPS) is 19.1. The Kier molecular flexibility index (Phi) is 2.79. The fourth-order valence-electron chi connectivity index (χ4n) is 1.33. The largest absolute Gasteiger partial charge is 0.491 e. The minimum Gasteiger partial charge on any atom is -0.491 e. The number of fused-ring (bicyclic) bond motifs is 1. The minimum absolute atomic E-state index is 0.0561. The Morgan fingerprint density at radius 2 is 2.47 bits per heavy atom. The highest BCUT2D eigenvalue weighted by molar-refractivity contribution is 8.00. The first-order valence-electron chi connectivity index (χ1n) is 4.48. The van der Waals surface area contributed by atoms with E-state index in [1.54, 1.807) is 17.8 Å². The third kappa shape index (κ3) is 2.05. The fourth-order valence-corrected chi connectivity index (χ4v) is 2.30. The molecule has 1 aromatic carbocycles. The van der Waals surface area contributed by atoms with E-state index < -0.39 is 4.92 Å². The second-order valence-electron chi connectivity index (χ2n) is 3.17. The summed E-state index contributed by atoms with van der Waals surface area (Å²) in [6, 6.07) is 4.64. The SMILES string of the molecule is NCC1COc2cc([N+](=O)[O-])ccc2S1. The maximum atomic E-state index is 10.5. The molecular weight excluding hydrogens is 216 g/mol. The summed E-state index contributed by atoms with van der Waals surface area (Å²) in [5.41, 5.74) is 5.59. The van der Waals surface area contributed by atoms with Crippen LogP contribution in [0.25, 0.3) is 0 Å². The molecule has 80 valence electrons. The van der Waals surface area contributed by atoms with Gasteiger partial charge >= 0.3 is 0 Å². The summed E-state index contributed by atoms with van der Waals surface area (Å²) in [6.45, 7) is 1.05. The van der Waals surface area contributed by atoms with Gasteiger partial charge in [-0.1, -0.05) is 0 Å². The van der Waals surface area contributed by atoms with Gasteiger partial charge in [0, 0.05) is 12.6 Å². The Balaban J connectivity index is 2.28. The summed E-state index contributed by atoms with van der Waals surface area (Å²) in [7, 11) is 0. The van der Waals surface area contributed by atoms with Crippen LogP contribution in [-0.2, 0) is 0 Å². The molecule has 1 heterocycles. The number of rotatable bonds is 2. The molecule has 0 bridgehead atoms. The molecule has 2 N–H and O–H groups in total. The van der Waals surface area contributed by atoms with Gasteiger partial charge < -0.3 is 10.5 Å². The minimum atomic E-state index is -0.427. The van der Waals surface area contributed by atoms with Crippen LogP contribution in [0.4, 0.5) is 5.69 Å². The molecule has 1 unspecified atom stereocenters. The van der Waals surface area contributed by atoms with Crippen LogP contribution in [0.3, 0.4) is 0 Å². The van der Waals surface area contributed by atoms with E-state index in [2.05, 4.69) is 0 Å². The monoisotopic (exact) mass is 226 g/mol. The van der Waals surface area contributed by atoms with E-state index in [0.717, 1.165) is 4.90 Å². The topological polar surface area (TPSA) is 78.4 Å². The van der Waals surface area contributed by atoms with Gasteiger partial charge in [0.15, 0.2) is 0 Å². The number of non-ortho nitro benzene ring substituents is 1. The van der Waals surface area contributed by atoms with Crippen molar-refractivity contribution < 1.29 is 9.66 Å². The van der Waals surface area contributed by atoms with E-state index in [1.807, 2.05) is 0 Å². The first kappa shape index (κ1) is 10.3. The van der Waals surface area contributed by atoms with Gasteiger partial charge in [-0.2, -0.15) is 0 Å². The summed E-state index contributed by atoms with van der Waals surface area (Å²) in [5, 5.41) is 10.8. The molecule has 6 heteroatoms. The molecule has 1 aliphatic rings. The lowest BCUT2D eigenvalue weighted by Gasteiger charge is -2.23. The van der Waals surface area contributed by atoms with Crippen molar-refractivity contribution in [2.75, 3.05) is 13.2 Å². The molecule has 0 radical (unpaired) electrons. The van der Waals surface area contributed by atoms with Crippen LogP contribution in [0.5, 0.6) is 5.75 Å². The van der Waals surface area contributed by atoms with E-state index >= 15 is 0 Å². The van der Waals surface area contributed by atoms with Crippen LogP contribution in [-0.4, -0.2) is 23.3 Å². The van der Waals surface area contributed by atoms with E-state index in [4.69, 9.17) is 10.5 Å². The van der Waals surface area contributed by atoms with Crippen molar-refractivity contribution in [3.05, 3.63) is 28.3 Å². The molecular formula is C9H10N2O3S. The number of nitro benzene ring substituents is 1. The third-order valence-electron chi connectivity index (χ3n) is 2.12. The average molecular weight is 226 g/mol. The van der Waals surface area contributed by atoms with Gasteiger partial charge in [0.05, 0.1) is 21.1 Å². The van der Waals surface area contributed by atoms with Gasteiger partial charge in [0.2, 0.25) is 0 Å². The number of nitrogens with zero attached hydrogens (tertiary/aromatic N) is 1. The molecule has 15 heavy (non-hydrogen) atoms. The Hall–Kier alpha value is -1.27. The number of nitro groups is 1. The molecule has 0 amide bonds. The number of nitrogens with two attached hydrogens (primary N) is 1. The van der Waals surface area contributed by atoms with E-state index in [9.17, 15) is 10.1 Å². The number of thioether (sulfide) groups is 1. The van der Waals surface area contributed by atoms with Crippen LogP contribution < -0.4 is 10.5 Å². The second kappa shape index (κ2) is 4.08. The average Bonchev–Trinajstić information content (AvgIpc) is 2.27. The van der Waals surface area contributed by atoms with Crippen molar-refractivity contribution in [2.24, 2.45) is 5.73 Å². The Labute approximate surface area is 90.7 Å². The van der Waals surface area contributed by atoms with E-state index in [-0.39, 0.29) is 10.9 Å². The second-order valence-corrected chi connectivity index (χ2v) is 4.52. The molecule has 1 aromatic rings. The van der Waals surface area contributed by atoms with Gasteiger partial charge in [-0.05, 0) is 6.07 Å². The van der Waals surface area contributed by atoms with Crippen molar-refractivity contribution in [1.82, 2.24) is 0 Å². The lowest BCUT2D eigenvalue weighted by atomic mass is 10.3. The Bertz CT molecular complexity index is 397. The van der Waals surface area contributed by atoms with Crippen LogP contribution in [0.2, 0.25) is 0 Å². The summed E-state index contributed by atoms with van der Waals surface area (Å²) in [5.74, 6) is 0.582. The number of benzene rings is 1. The fraction of sp³-hybridized carbons (Fsp3) is 0.333. The third-order valence-corrected chi connectivity index (χ3v) is 3.37. The van der Waals surface area contributed by atoms with Crippen molar-refractivity contribution in [2.45, 2.75) is 10.1 Å². The Morgan fingerprint density at radius 1 is 1.67 bits per heavy atom. The summed E-state index contributed by atoms with van der Waals surface area (Å²) in [4.78, 5) is 11.0. The molecule has 1 aliphatic heterocycles. The van der Waals surface area contributed by atoms with Gasteiger partial charge in [0.25, 0.3) is 5.69 Å². The molecule has 0 spiro atoms. The molecule has 5 nitrogen and oxygen atoms in total. The number of hydrogen-bond acceptors (Lipinski definition) is 5. The summed E-state index contributed by atoms with van der Waals surface area (Å²) in [6.07, 6.45) is 0. The first-order valence-corrected chi connectivity index (χ1v) is 5.36. The standard InChI is InChI=1S/C9H10N2O3S/c10-4-7-5-14-8-3-6(11(12)13)1-2-9(8)15-7/h1-3,7H,4-5,10H2. The summed E-state index contributed by atoms with van der Waals surface area (Å²) < 4.78 is 5.41. The van der Waals surface area contributed by atoms with Gasteiger partial charge in [0.1, 0.15) is 12.4 Å². The lowest BCUT2D eigenvalue weighted by Crippen LogP contribution is -2.26. The molecule has 1 atom stereocenters. The zero-order valence-corrected chi connectivity index (χ0v) is 8.70. The van der Waals surface area contributed by atoms with Crippen molar-refractivity contribution in [3.8, 4) is 5.75 Å². The van der Waals surface area contributed by atoms with Crippen LogP contribution in [0.15, 0.2) is 23.1 Å². The quantitative estimate of drug-likeness (QED) is 0.609. The Morgan fingerprint density at radius 3 is 3.13 bits per heavy atom. The highest BCUT2D eigenvalue weighted by atomic mass is 32.2. The van der Waals surface area contributed by atoms with Crippen molar-refractivity contribution in [3.63, 3.8) is 0 Å². The summed E-state index contributed by atoms with van der Waals surface area (Å²) >= 11 is 1.60. The maximum Gasteiger partial charge on any atom is 0.273 e. The highest BCUT2D eigenvalue weighted by Crippen LogP contribution is 2.38. The van der Waals surface area contributed by atoms with Crippen LogP contribution >= 0.6 is 11.8 Å². The van der Waals surface area contributed by atoms with Crippen molar-refractivity contribution >= 4 is 17.4 Å². The molecule has 0 saturated heterocycles. The lowest BCUT2D eigenvalue weighted by molar-refractivity contribution is -0.385. The van der Waals surface area contributed by atoms with E-state index in [0.29, 0.717) is 18.9 Å². The molecule has 0 aromatic heterocycles. The predicted molar refractivity (Wildman–Crippen MR) is 57.3 cm³/mol. The maximum absolute atomic E-state index is 10.5. The number of hydrogen-bond donors (Lipinski definition) is 1. The first-order chi connectivity index (χ1) is 7.20. The zero-order chi connectivity index (χ0) is 10.8. The zero-order valence-electron chi connectivity index (χ0n) is 7.88. The predicted octanol–water partition coefficient (Wildman–Crippen LogP) is 1.41. The molecule has 0 saturated carbocycles. The molecule has 2 rings (SSSR count). The molecule has 0 aliphatic carbocycles.